The van der Waals surface area contributed by atoms with Gasteiger partial charge in [-0.15, -0.1) is 0 Å². The predicted molar refractivity (Wildman–Crippen MR) is 60.1 cm³/mol. The summed E-state index contributed by atoms with van der Waals surface area (Å²) >= 11 is 0. The molecule has 0 aliphatic carbocycles. The van der Waals surface area contributed by atoms with Gasteiger partial charge in [-0.2, -0.15) is 0 Å². The van der Waals surface area contributed by atoms with E-state index in [-0.39, 0.29) is 0 Å². The van der Waals surface area contributed by atoms with Crippen molar-refractivity contribution in [3.8, 4) is 0 Å². The van der Waals surface area contributed by atoms with Crippen LogP contribution >= 0.6 is 0 Å². The minimum Gasteiger partial charge on any atom is -0.398 e. The fraction of sp³-hybridized carbons (Fsp3) is 0.273. The standard InChI is InChI=1S/C11H15N3/c1-14(2)7-8-6-9-10(12)4-3-5-11(9)13-8/h3-6,13H,7,12H2,1-2H3. The van der Waals surface area contributed by atoms with Crippen LogP contribution in [-0.2, 0) is 6.54 Å². The Morgan fingerprint density at radius 3 is 2.79 bits per heavy atom. The van der Waals surface area contributed by atoms with Gasteiger partial charge in [-0.05, 0) is 32.3 Å². The number of nitrogens with zero attached hydrogens (tertiary/aromatic N) is 1. The summed E-state index contributed by atoms with van der Waals surface area (Å²) in [5.41, 5.74) is 9.01. The van der Waals surface area contributed by atoms with Crippen LogP contribution in [0, 0.1) is 0 Å². The molecule has 0 aliphatic heterocycles. The average Bonchev–Trinajstić information content (AvgIpc) is 2.47. The molecule has 0 spiro atoms. The molecule has 0 unspecified atom stereocenters. The van der Waals surface area contributed by atoms with Crippen LogP contribution in [0.25, 0.3) is 10.9 Å². The molecule has 1 aromatic heterocycles. The molecule has 74 valence electrons. The van der Waals surface area contributed by atoms with Gasteiger partial charge in [0, 0.05) is 28.8 Å². The van der Waals surface area contributed by atoms with Crippen molar-refractivity contribution in [2.24, 2.45) is 0 Å². The third-order valence-electron chi connectivity index (χ3n) is 2.24. The second-order valence-electron chi connectivity index (χ2n) is 3.84. The minimum absolute atomic E-state index is 0.837. The molecular formula is C11H15N3. The van der Waals surface area contributed by atoms with E-state index in [0.29, 0.717) is 0 Å². The van der Waals surface area contributed by atoms with Crippen LogP contribution in [0.15, 0.2) is 24.3 Å². The lowest BCUT2D eigenvalue weighted by Crippen LogP contribution is -2.10. The summed E-state index contributed by atoms with van der Waals surface area (Å²) in [6.07, 6.45) is 0. The quantitative estimate of drug-likeness (QED) is 0.708. The Hall–Kier alpha value is -1.48. The zero-order valence-corrected chi connectivity index (χ0v) is 8.54. The van der Waals surface area contributed by atoms with E-state index in [2.05, 4.69) is 30.0 Å². The van der Waals surface area contributed by atoms with Crippen LogP contribution in [0.2, 0.25) is 0 Å². The molecule has 0 radical (unpaired) electrons. The third kappa shape index (κ3) is 1.59. The van der Waals surface area contributed by atoms with Crippen molar-refractivity contribution in [3.63, 3.8) is 0 Å². The summed E-state index contributed by atoms with van der Waals surface area (Å²) < 4.78 is 0. The number of fused-ring (bicyclic) bond motifs is 1. The van der Waals surface area contributed by atoms with Crippen LogP contribution in [0.5, 0.6) is 0 Å². The smallest absolute Gasteiger partial charge is 0.0477 e. The first kappa shape index (κ1) is 9.09. The number of nitrogen functional groups attached to an aromatic ring is 1. The number of benzene rings is 1. The average molecular weight is 189 g/mol. The molecule has 0 aliphatic rings. The number of hydrogen-bond acceptors (Lipinski definition) is 2. The van der Waals surface area contributed by atoms with E-state index in [9.17, 15) is 0 Å². The lowest BCUT2D eigenvalue weighted by atomic mass is 10.2. The van der Waals surface area contributed by atoms with Crippen LogP contribution < -0.4 is 5.73 Å². The molecule has 0 bridgehead atoms. The number of nitrogens with two attached hydrogens (primary N) is 1. The number of nitrogens with one attached hydrogen (secondary N) is 1. The van der Waals surface area contributed by atoms with Gasteiger partial charge in [0.05, 0.1) is 0 Å². The summed E-state index contributed by atoms with van der Waals surface area (Å²) in [5, 5.41) is 1.12. The Bertz CT molecular complexity index is 443. The van der Waals surface area contributed by atoms with Gasteiger partial charge < -0.3 is 15.6 Å². The maximum absolute atomic E-state index is 5.87. The number of hydrogen-bond donors (Lipinski definition) is 2. The fourth-order valence-corrected chi connectivity index (χ4v) is 1.66. The number of aromatic nitrogens is 1. The SMILES string of the molecule is CN(C)Cc1cc2c(N)cccc2[nH]1. The molecule has 1 aromatic carbocycles. The molecule has 1 heterocycles. The lowest BCUT2D eigenvalue weighted by molar-refractivity contribution is 0.398. The Labute approximate surface area is 83.5 Å². The topological polar surface area (TPSA) is 45.0 Å². The largest absolute Gasteiger partial charge is 0.398 e. The number of anilines is 1. The third-order valence-corrected chi connectivity index (χ3v) is 2.24. The van der Waals surface area contributed by atoms with Crippen molar-refractivity contribution in [1.29, 1.82) is 0 Å². The van der Waals surface area contributed by atoms with Crippen LogP contribution in [0.1, 0.15) is 5.69 Å². The van der Waals surface area contributed by atoms with Crippen molar-refractivity contribution in [3.05, 3.63) is 30.0 Å². The van der Waals surface area contributed by atoms with Crippen molar-refractivity contribution in [2.45, 2.75) is 6.54 Å². The Kier molecular flexibility index (Phi) is 2.17. The molecule has 0 atom stereocenters. The van der Waals surface area contributed by atoms with Crippen molar-refractivity contribution in [1.82, 2.24) is 9.88 Å². The van der Waals surface area contributed by atoms with Crippen molar-refractivity contribution >= 4 is 16.6 Å². The van der Waals surface area contributed by atoms with Gasteiger partial charge in [0.25, 0.3) is 0 Å². The monoisotopic (exact) mass is 189 g/mol. The first-order valence-electron chi connectivity index (χ1n) is 4.67. The summed E-state index contributed by atoms with van der Waals surface area (Å²) in [4.78, 5) is 5.47. The minimum atomic E-state index is 0.837. The van der Waals surface area contributed by atoms with Crippen LogP contribution in [0.3, 0.4) is 0 Å². The van der Waals surface area contributed by atoms with E-state index in [4.69, 9.17) is 5.73 Å². The Morgan fingerprint density at radius 1 is 1.36 bits per heavy atom. The van der Waals surface area contributed by atoms with Crippen LogP contribution in [-0.4, -0.2) is 24.0 Å². The maximum Gasteiger partial charge on any atom is 0.0477 e. The fourth-order valence-electron chi connectivity index (χ4n) is 1.66. The van der Waals surface area contributed by atoms with Gasteiger partial charge >= 0.3 is 0 Å². The normalized spacial score (nSPS) is 11.4. The maximum atomic E-state index is 5.87. The molecule has 0 fully saturated rings. The highest BCUT2D eigenvalue weighted by Crippen LogP contribution is 2.21. The van der Waals surface area contributed by atoms with E-state index in [1.807, 2.05) is 18.2 Å². The molecule has 0 saturated heterocycles. The zero-order valence-electron chi connectivity index (χ0n) is 8.54. The van der Waals surface area contributed by atoms with Gasteiger partial charge in [-0.1, -0.05) is 6.07 Å². The number of rotatable bonds is 2. The second-order valence-corrected chi connectivity index (χ2v) is 3.84. The van der Waals surface area contributed by atoms with Gasteiger partial charge in [-0.3, -0.25) is 0 Å². The van der Waals surface area contributed by atoms with E-state index < -0.39 is 0 Å². The number of aromatic amines is 1. The van der Waals surface area contributed by atoms with Crippen LogP contribution in [0.4, 0.5) is 5.69 Å². The van der Waals surface area contributed by atoms with Crippen molar-refractivity contribution < 1.29 is 0 Å². The first-order valence-corrected chi connectivity index (χ1v) is 4.67. The second kappa shape index (κ2) is 3.35. The molecule has 0 amide bonds. The highest BCUT2D eigenvalue weighted by Gasteiger charge is 2.03. The highest BCUT2D eigenvalue weighted by atomic mass is 15.1. The molecule has 3 heteroatoms. The van der Waals surface area contributed by atoms with Gasteiger partial charge in [-0.25, -0.2) is 0 Å². The van der Waals surface area contributed by atoms with Gasteiger partial charge in [0.1, 0.15) is 0 Å². The number of H-pyrrole nitrogens is 1. The Balaban J connectivity index is 2.46. The summed E-state index contributed by atoms with van der Waals surface area (Å²) in [5.74, 6) is 0. The molecule has 3 nitrogen and oxygen atoms in total. The molecular weight excluding hydrogens is 174 g/mol. The summed E-state index contributed by atoms with van der Waals surface area (Å²) in [6.45, 7) is 0.911. The van der Waals surface area contributed by atoms with E-state index in [1.54, 1.807) is 0 Å². The van der Waals surface area contributed by atoms with E-state index in [1.165, 1.54) is 5.69 Å². The van der Waals surface area contributed by atoms with Crippen molar-refractivity contribution in [2.75, 3.05) is 19.8 Å². The van der Waals surface area contributed by atoms with Gasteiger partial charge in [0.2, 0.25) is 0 Å². The molecule has 2 aromatic rings. The molecule has 0 saturated carbocycles. The predicted octanol–water partition coefficient (Wildman–Crippen LogP) is 1.81. The van der Waals surface area contributed by atoms with Gasteiger partial charge in [0.15, 0.2) is 0 Å². The van der Waals surface area contributed by atoms with E-state index >= 15 is 0 Å². The molecule has 14 heavy (non-hydrogen) atoms. The first-order chi connectivity index (χ1) is 6.66. The summed E-state index contributed by atoms with van der Waals surface area (Å²) in [6, 6.07) is 8.05. The Morgan fingerprint density at radius 2 is 2.14 bits per heavy atom. The highest BCUT2D eigenvalue weighted by molar-refractivity contribution is 5.91. The zero-order chi connectivity index (χ0) is 10.1. The van der Waals surface area contributed by atoms with E-state index in [0.717, 1.165) is 23.1 Å². The summed E-state index contributed by atoms with van der Waals surface area (Å²) in [7, 11) is 4.10. The lowest BCUT2D eigenvalue weighted by Gasteiger charge is -2.06. The molecule has 3 N–H and O–H groups in total. The molecule has 2 rings (SSSR count).